The first-order valence-electron chi connectivity index (χ1n) is 6.38. The number of rotatable bonds is 6. The van der Waals surface area contributed by atoms with Crippen LogP contribution in [0.15, 0.2) is 55.5 Å². The van der Waals surface area contributed by atoms with Crippen LogP contribution in [0.5, 0.6) is 11.5 Å². The highest BCUT2D eigenvalue weighted by Gasteiger charge is 2.35. The highest BCUT2D eigenvalue weighted by atomic mass is 19.4. The van der Waals surface area contributed by atoms with E-state index in [1.54, 1.807) is 0 Å². The molecular formula is C16H13F3O5. The molecule has 0 bridgehead atoms. The molecule has 8 heteroatoms. The van der Waals surface area contributed by atoms with Gasteiger partial charge in [0.05, 0.1) is 0 Å². The van der Waals surface area contributed by atoms with E-state index in [4.69, 9.17) is 4.74 Å². The highest BCUT2D eigenvalue weighted by molar-refractivity contribution is 5.87. The number of benzene rings is 1. The lowest BCUT2D eigenvalue weighted by molar-refractivity contribution is -0.141. The first kappa shape index (κ1) is 19.0. The van der Waals surface area contributed by atoms with Gasteiger partial charge in [0.25, 0.3) is 0 Å². The van der Waals surface area contributed by atoms with Crippen molar-refractivity contribution in [1.29, 1.82) is 0 Å². The molecule has 0 heterocycles. The van der Waals surface area contributed by atoms with E-state index in [1.165, 1.54) is 6.92 Å². The molecule has 0 aromatic heterocycles. The second-order valence-corrected chi connectivity index (χ2v) is 4.36. The quantitative estimate of drug-likeness (QED) is 0.341. The predicted molar refractivity (Wildman–Crippen MR) is 78.0 cm³/mol. The van der Waals surface area contributed by atoms with Gasteiger partial charge in [-0.05, 0) is 25.1 Å². The normalized spacial score (nSPS) is 11.0. The van der Waals surface area contributed by atoms with Crippen LogP contribution in [-0.4, -0.2) is 11.9 Å². The van der Waals surface area contributed by atoms with Crippen LogP contribution in [0.4, 0.5) is 13.2 Å². The van der Waals surface area contributed by atoms with Crippen molar-refractivity contribution in [2.24, 2.45) is 0 Å². The summed E-state index contributed by atoms with van der Waals surface area (Å²) in [6.07, 6.45) is -2.29. The predicted octanol–water partition coefficient (Wildman–Crippen LogP) is 3.77. The molecular weight excluding hydrogens is 329 g/mol. The van der Waals surface area contributed by atoms with Gasteiger partial charge < -0.3 is 14.2 Å². The van der Waals surface area contributed by atoms with Crippen molar-refractivity contribution in [3.8, 4) is 11.5 Å². The van der Waals surface area contributed by atoms with Crippen molar-refractivity contribution in [2.45, 2.75) is 13.1 Å². The molecule has 0 radical (unpaired) electrons. The summed E-state index contributed by atoms with van der Waals surface area (Å²) in [5.74, 6) is -2.63. The second-order valence-electron chi connectivity index (χ2n) is 4.36. The average Bonchev–Trinajstić information content (AvgIpc) is 2.51. The number of halogens is 3. The molecule has 0 aliphatic heterocycles. The van der Waals surface area contributed by atoms with E-state index in [1.807, 2.05) is 0 Å². The summed E-state index contributed by atoms with van der Waals surface area (Å²) < 4.78 is 53.0. The van der Waals surface area contributed by atoms with Crippen LogP contribution >= 0.6 is 0 Å². The lowest BCUT2D eigenvalue weighted by Gasteiger charge is -2.13. The zero-order valence-corrected chi connectivity index (χ0v) is 12.6. The SMILES string of the molecule is C=CC(=O)Oc1ccc(OC=COC(=O)C(=C)C)cc1C(F)(F)F. The fourth-order valence-electron chi connectivity index (χ4n) is 1.34. The van der Waals surface area contributed by atoms with E-state index in [0.717, 1.165) is 30.7 Å². The number of ether oxygens (including phenoxy) is 3. The second kappa shape index (κ2) is 8.00. The molecule has 0 saturated carbocycles. The first-order valence-corrected chi connectivity index (χ1v) is 6.38. The Labute approximate surface area is 135 Å². The number of esters is 2. The van der Waals surface area contributed by atoms with E-state index in [-0.39, 0.29) is 11.3 Å². The topological polar surface area (TPSA) is 61.8 Å². The minimum atomic E-state index is -4.77. The third-order valence-electron chi connectivity index (χ3n) is 2.42. The molecule has 0 atom stereocenters. The van der Waals surface area contributed by atoms with Gasteiger partial charge in [-0.3, -0.25) is 0 Å². The Kier molecular flexibility index (Phi) is 6.34. The maximum absolute atomic E-state index is 13.0. The molecule has 1 rings (SSSR count). The summed E-state index contributed by atoms with van der Waals surface area (Å²) in [6, 6.07) is 2.70. The van der Waals surface area contributed by atoms with Gasteiger partial charge in [0.15, 0.2) is 0 Å². The monoisotopic (exact) mass is 342 g/mol. The van der Waals surface area contributed by atoms with Crippen LogP contribution in [0, 0.1) is 0 Å². The summed E-state index contributed by atoms with van der Waals surface area (Å²) in [4.78, 5) is 22.2. The van der Waals surface area contributed by atoms with Crippen LogP contribution in [0.3, 0.4) is 0 Å². The van der Waals surface area contributed by atoms with Crippen molar-refractivity contribution >= 4 is 11.9 Å². The van der Waals surface area contributed by atoms with Crippen LogP contribution < -0.4 is 9.47 Å². The molecule has 1 aromatic rings. The standard InChI is InChI=1S/C16H13F3O5/c1-4-14(20)24-13-6-5-11(9-12(13)16(17,18)19)22-7-8-23-15(21)10(2)3/h4-9H,1-2H2,3H3. The molecule has 0 aliphatic carbocycles. The Morgan fingerprint density at radius 1 is 1.21 bits per heavy atom. The van der Waals surface area contributed by atoms with E-state index in [0.29, 0.717) is 6.07 Å². The smallest absolute Gasteiger partial charge is 0.420 e. The third kappa shape index (κ3) is 5.64. The molecule has 24 heavy (non-hydrogen) atoms. The Balaban J connectivity index is 2.92. The summed E-state index contributed by atoms with van der Waals surface area (Å²) in [5, 5.41) is 0. The molecule has 0 spiro atoms. The molecule has 128 valence electrons. The minimum absolute atomic E-state index is 0.146. The fraction of sp³-hybridized carbons (Fsp3) is 0.125. The van der Waals surface area contributed by atoms with Gasteiger partial charge in [0.2, 0.25) is 0 Å². The molecule has 0 unspecified atom stereocenters. The lowest BCUT2D eigenvalue weighted by atomic mass is 10.2. The molecule has 0 saturated heterocycles. The summed E-state index contributed by atoms with van der Waals surface area (Å²) >= 11 is 0. The Hall–Kier alpha value is -3.03. The molecule has 0 aliphatic rings. The fourth-order valence-corrected chi connectivity index (χ4v) is 1.34. The number of alkyl halides is 3. The molecule has 0 fully saturated rings. The number of carbonyl (C=O) groups is 2. The van der Waals surface area contributed by atoms with E-state index >= 15 is 0 Å². The van der Waals surface area contributed by atoms with Gasteiger partial charge in [-0.2, -0.15) is 13.2 Å². The summed E-state index contributed by atoms with van der Waals surface area (Å²) in [6.45, 7) is 7.88. The van der Waals surface area contributed by atoms with Crippen molar-refractivity contribution in [3.63, 3.8) is 0 Å². The van der Waals surface area contributed by atoms with Gasteiger partial charge >= 0.3 is 18.1 Å². The summed E-state index contributed by atoms with van der Waals surface area (Å²) in [7, 11) is 0. The first-order chi connectivity index (χ1) is 11.1. The van der Waals surface area contributed by atoms with Crippen LogP contribution in [0.25, 0.3) is 0 Å². The van der Waals surface area contributed by atoms with Crippen molar-refractivity contribution in [3.05, 3.63) is 61.1 Å². The maximum atomic E-state index is 13.0. The van der Waals surface area contributed by atoms with Crippen LogP contribution in [0.1, 0.15) is 12.5 Å². The number of carbonyl (C=O) groups excluding carboxylic acids is 2. The van der Waals surface area contributed by atoms with Crippen LogP contribution in [0.2, 0.25) is 0 Å². The lowest BCUT2D eigenvalue weighted by Crippen LogP contribution is -2.12. The maximum Gasteiger partial charge on any atom is 0.420 e. The molecule has 0 amide bonds. The largest absolute Gasteiger partial charge is 0.462 e. The zero-order valence-electron chi connectivity index (χ0n) is 12.6. The Morgan fingerprint density at radius 3 is 2.42 bits per heavy atom. The highest BCUT2D eigenvalue weighted by Crippen LogP contribution is 2.38. The van der Waals surface area contributed by atoms with Crippen molar-refractivity contribution in [1.82, 2.24) is 0 Å². The van der Waals surface area contributed by atoms with Gasteiger partial charge in [-0.1, -0.05) is 13.2 Å². The molecule has 0 N–H and O–H groups in total. The zero-order chi connectivity index (χ0) is 18.3. The molecule has 1 aromatic carbocycles. The van der Waals surface area contributed by atoms with E-state index in [2.05, 4.69) is 22.6 Å². The van der Waals surface area contributed by atoms with Gasteiger partial charge in [0.1, 0.15) is 29.6 Å². The minimum Gasteiger partial charge on any atom is -0.462 e. The molecule has 5 nitrogen and oxygen atoms in total. The van der Waals surface area contributed by atoms with E-state index in [9.17, 15) is 22.8 Å². The van der Waals surface area contributed by atoms with Gasteiger partial charge in [-0.15, -0.1) is 0 Å². The third-order valence-corrected chi connectivity index (χ3v) is 2.42. The van der Waals surface area contributed by atoms with E-state index < -0.39 is 29.4 Å². The Bertz CT molecular complexity index is 689. The summed E-state index contributed by atoms with van der Waals surface area (Å²) in [5.41, 5.74) is -1.06. The van der Waals surface area contributed by atoms with Crippen molar-refractivity contribution < 1.29 is 37.0 Å². The van der Waals surface area contributed by atoms with Crippen LogP contribution in [-0.2, 0) is 20.5 Å². The van der Waals surface area contributed by atoms with Gasteiger partial charge in [0, 0.05) is 11.6 Å². The average molecular weight is 342 g/mol. The Morgan fingerprint density at radius 2 is 1.88 bits per heavy atom. The van der Waals surface area contributed by atoms with Crippen molar-refractivity contribution in [2.75, 3.05) is 0 Å². The number of hydrogen-bond acceptors (Lipinski definition) is 5. The number of hydrogen-bond donors (Lipinski definition) is 0. The van der Waals surface area contributed by atoms with Gasteiger partial charge in [-0.25, -0.2) is 9.59 Å².